The van der Waals surface area contributed by atoms with Crippen LogP contribution >= 0.6 is 0 Å². The van der Waals surface area contributed by atoms with Crippen molar-refractivity contribution in [1.29, 1.82) is 0 Å². The number of carboxylic acids is 1. The molecule has 1 aromatic rings. The third-order valence-corrected chi connectivity index (χ3v) is 1.84. The van der Waals surface area contributed by atoms with Gasteiger partial charge in [0, 0.05) is 5.56 Å². The SMILES string of the molecule is COc1c(CC(=O)O)cnn1C(C)C. The number of hydrogen-bond acceptors (Lipinski definition) is 3. The van der Waals surface area contributed by atoms with Gasteiger partial charge >= 0.3 is 5.97 Å². The van der Waals surface area contributed by atoms with Crippen LogP contribution in [0.4, 0.5) is 0 Å². The minimum Gasteiger partial charge on any atom is -0.481 e. The van der Waals surface area contributed by atoms with E-state index in [-0.39, 0.29) is 12.5 Å². The molecule has 1 N–H and O–H groups in total. The molecular weight excluding hydrogens is 184 g/mol. The normalized spacial score (nSPS) is 10.6. The van der Waals surface area contributed by atoms with Crippen LogP contribution in [0.1, 0.15) is 25.5 Å². The van der Waals surface area contributed by atoms with Crippen molar-refractivity contribution in [3.63, 3.8) is 0 Å². The minimum atomic E-state index is -0.883. The van der Waals surface area contributed by atoms with E-state index < -0.39 is 5.97 Å². The third kappa shape index (κ3) is 2.04. The maximum Gasteiger partial charge on any atom is 0.308 e. The molecule has 0 aliphatic rings. The van der Waals surface area contributed by atoms with Crippen molar-refractivity contribution >= 4 is 5.97 Å². The van der Waals surface area contributed by atoms with E-state index in [1.165, 1.54) is 13.3 Å². The van der Waals surface area contributed by atoms with E-state index in [0.717, 1.165) is 0 Å². The average Bonchev–Trinajstić information content (AvgIpc) is 2.46. The second kappa shape index (κ2) is 4.13. The summed E-state index contributed by atoms with van der Waals surface area (Å²) in [6.07, 6.45) is 1.48. The van der Waals surface area contributed by atoms with Crippen molar-refractivity contribution in [1.82, 2.24) is 9.78 Å². The van der Waals surface area contributed by atoms with E-state index in [1.807, 2.05) is 13.8 Å². The van der Waals surface area contributed by atoms with Gasteiger partial charge in [-0.15, -0.1) is 0 Å². The van der Waals surface area contributed by atoms with Crippen LogP contribution in [0.15, 0.2) is 6.20 Å². The average molecular weight is 198 g/mol. The highest BCUT2D eigenvalue weighted by molar-refractivity contribution is 5.70. The van der Waals surface area contributed by atoms with Gasteiger partial charge < -0.3 is 9.84 Å². The Morgan fingerprint density at radius 3 is 2.79 bits per heavy atom. The Morgan fingerprint density at radius 2 is 2.36 bits per heavy atom. The van der Waals surface area contributed by atoms with E-state index in [9.17, 15) is 4.79 Å². The number of aliphatic carboxylic acids is 1. The molecule has 14 heavy (non-hydrogen) atoms. The molecule has 0 amide bonds. The first-order chi connectivity index (χ1) is 6.56. The maximum absolute atomic E-state index is 10.5. The zero-order valence-corrected chi connectivity index (χ0v) is 8.52. The van der Waals surface area contributed by atoms with Gasteiger partial charge in [0.25, 0.3) is 0 Å². The van der Waals surface area contributed by atoms with Gasteiger partial charge in [0.1, 0.15) is 0 Å². The lowest BCUT2D eigenvalue weighted by molar-refractivity contribution is -0.136. The van der Waals surface area contributed by atoms with E-state index in [0.29, 0.717) is 11.4 Å². The van der Waals surface area contributed by atoms with Crippen molar-refractivity contribution in [2.45, 2.75) is 26.3 Å². The first-order valence-corrected chi connectivity index (χ1v) is 4.38. The second-order valence-electron chi connectivity index (χ2n) is 3.29. The van der Waals surface area contributed by atoms with Gasteiger partial charge in [-0.05, 0) is 13.8 Å². The van der Waals surface area contributed by atoms with Crippen molar-refractivity contribution < 1.29 is 14.6 Å². The number of rotatable bonds is 4. The number of methoxy groups -OCH3 is 1. The summed E-state index contributed by atoms with van der Waals surface area (Å²) >= 11 is 0. The van der Waals surface area contributed by atoms with Crippen molar-refractivity contribution in [3.8, 4) is 5.88 Å². The highest BCUT2D eigenvalue weighted by Gasteiger charge is 2.15. The molecule has 1 aromatic heterocycles. The summed E-state index contributed by atoms with van der Waals surface area (Å²) in [4.78, 5) is 10.5. The number of carboxylic acid groups (broad SMARTS) is 1. The van der Waals surface area contributed by atoms with Crippen LogP contribution in [0.5, 0.6) is 5.88 Å². The van der Waals surface area contributed by atoms with Crippen LogP contribution in [0.25, 0.3) is 0 Å². The summed E-state index contributed by atoms with van der Waals surface area (Å²) in [6, 6.07) is 0.160. The zero-order chi connectivity index (χ0) is 10.7. The molecule has 0 aliphatic heterocycles. The molecule has 0 saturated heterocycles. The van der Waals surface area contributed by atoms with E-state index in [4.69, 9.17) is 9.84 Å². The molecule has 1 heterocycles. The molecule has 0 radical (unpaired) electrons. The summed E-state index contributed by atoms with van der Waals surface area (Å²) in [6.45, 7) is 3.92. The molecule has 0 atom stereocenters. The smallest absolute Gasteiger partial charge is 0.308 e. The first-order valence-electron chi connectivity index (χ1n) is 4.38. The Morgan fingerprint density at radius 1 is 1.71 bits per heavy atom. The number of ether oxygens (including phenoxy) is 1. The lowest BCUT2D eigenvalue weighted by atomic mass is 10.2. The van der Waals surface area contributed by atoms with Gasteiger partial charge in [0.15, 0.2) is 0 Å². The summed E-state index contributed by atoms with van der Waals surface area (Å²) in [5.41, 5.74) is 0.605. The quantitative estimate of drug-likeness (QED) is 0.786. The summed E-state index contributed by atoms with van der Waals surface area (Å²) in [5.74, 6) is -0.353. The fourth-order valence-corrected chi connectivity index (χ4v) is 1.26. The zero-order valence-electron chi connectivity index (χ0n) is 8.52. The predicted molar refractivity (Wildman–Crippen MR) is 50.5 cm³/mol. The molecular formula is C9H14N2O3. The molecule has 0 saturated carbocycles. The summed E-state index contributed by atoms with van der Waals surface area (Å²) < 4.78 is 6.78. The molecule has 78 valence electrons. The van der Waals surface area contributed by atoms with Crippen LogP contribution in [0, 0.1) is 0 Å². The molecule has 0 aromatic carbocycles. The topological polar surface area (TPSA) is 64.3 Å². The Balaban J connectivity index is 3.01. The Hall–Kier alpha value is -1.52. The Labute approximate surface area is 82.3 Å². The lowest BCUT2D eigenvalue weighted by Crippen LogP contribution is -2.07. The standard InChI is InChI=1S/C9H14N2O3/c1-6(2)11-9(14-3)7(5-10-11)4-8(12)13/h5-6H,4H2,1-3H3,(H,12,13). The summed E-state index contributed by atoms with van der Waals surface area (Å²) in [5, 5.41) is 12.7. The largest absolute Gasteiger partial charge is 0.481 e. The lowest BCUT2D eigenvalue weighted by Gasteiger charge is -2.10. The number of nitrogens with zero attached hydrogens (tertiary/aromatic N) is 2. The summed E-state index contributed by atoms with van der Waals surface area (Å²) in [7, 11) is 1.52. The Bertz CT molecular complexity index is 331. The van der Waals surface area contributed by atoms with E-state index >= 15 is 0 Å². The van der Waals surface area contributed by atoms with Crippen molar-refractivity contribution in [2.75, 3.05) is 7.11 Å². The monoisotopic (exact) mass is 198 g/mol. The number of aromatic nitrogens is 2. The van der Waals surface area contributed by atoms with Crippen molar-refractivity contribution in [3.05, 3.63) is 11.8 Å². The van der Waals surface area contributed by atoms with Gasteiger partial charge in [-0.2, -0.15) is 5.10 Å². The highest BCUT2D eigenvalue weighted by Crippen LogP contribution is 2.22. The van der Waals surface area contributed by atoms with Crippen LogP contribution in [-0.2, 0) is 11.2 Å². The maximum atomic E-state index is 10.5. The molecule has 0 aliphatic carbocycles. The highest BCUT2D eigenvalue weighted by atomic mass is 16.5. The van der Waals surface area contributed by atoms with Gasteiger partial charge in [-0.25, -0.2) is 4.68 Å². The predicted octanol–water partition coefficient (Wildman–Crippen LogP) is 1.10. The fraction of sp³-hybridized carbons (Fsp3) is 0.556. The molecule has 0 bridgehead atoms. The Kier molecular flexibility index (Phi) is 3.11. The van der Waals surface area contributed by atoms with E-state index in [1.54, 1.807) is 4.68 Å². The molecule has 0 fully saturated rings. The van der Waals surface area contributed by atoms with Gasteiger partial charge in [0.05, 0.1) is 25.8 Å². The minimum absolute atomic E-state index is 0.0596. The fourth-order valence-electron chi connectivity index (χ4n) is 1.26. The first kappa shape index (κ1) is 10.6. The molecule has 5 nitrogen and oxygen atoms in total. The van der Waals surface area contributed by atoms with Gasteiger partial charge in [0.2, 0.25) is 5.88 Å². The van der Waals surface area contributed by atoms with Crippen LogP contribution in [0.2, 0.25) is 0 Å². The van der Waals surface area contributed by atoms with Crippen LogP contribution in [0.3, 0.4) is 0 Å². The van der Waals surface area contributed by atoms with Gasteiger partial charge in [-0.3, -0.25) is 4.79 Å². The molecule has 0 unspecified atom stereocenters. The number of carbonyl (C=O) groups is 1. The molecule has 5 heteroatoms. The van der Waals surface area contributed by atoms with Crippen molar-refractivity contribution in [2.24, 2.45) is 0 Å². The van der Waals surface area contributed by atoms with Crippen LogP contribution < -0.4 is 4.74 Å². The third-order valence-electron chi connectivity index (χ3n) is 1.84. The molecule has 0 spiro atoms. The van der Waals surface area contributed by atoms with Crippen LogP contribution in [-0.4, -0.2) is 28.0 Å². The van der Waals surface area contributed by atoms with E-state index in [2.05, 4.69) is 5.10 Å². The second-order valence-corrected chi connectivity index (χ2v) is 3.29. The molecule has 1 rings (SSSR count). The van der Waals surface area contributed by atoms with Gasteiger partial charge in [-0.1, -0.05) is 0 Å². The number of hydrogen-bond donors (Lipinski definition) is 1.